The first-order chi connectivity index (χ1) is 11.4. The van der Waals surface area contributed by atoms with Crippen molar-refractivity contribution >= 4 is 56.0 Å². The summed E-state index contributed by atoms with van der Waals surface area (Å²) >= 11 is 16.2. The number of esters is 1. The molecule has 0 atom stereocenters. The molecule has 0 fully saturated rings. The summed E-state index contributed by atoms with van der Waals surface area (Å²) in [6.45, 7) is 2.06. The third-order valence-electron chi connectivity index (χ3n) is 3.92. The molecule has 0 radical (unpaired) electrons. The molecular formula is C18H14BrCl2NO2. The predicted molar refractivity (Wildman–Crippen MR) is 101 cm³/mol. The third kappa shape index (κ3) is 3.18. The number of methoxy groups -OCH3 is 1. The van der Waals surface area contributed by atoms with Crippen LogP contribution in [0.2, 0.25) is 10.0 Å². The quantitative estimate of drug-likeness (QED) is 0.528. The molecule has 2 aromatic carbocycles. The Morgan fingerprint density at radius 3 is 2.71 bits per heavy atom. The van der Waals surface area contributed by atoms with E-state index in [-0.39, 0.29) is 0 Å². The molecule has 0 saturated heterocycles. The maximum Gasteiger partial charge on any atom is 0.339 e. The van der Waals surface area contributed by atoms with E-state index in [1.54, 1.807) is 12.1 Å². The third-order valence-corrected chi connectivity index (χ3v) is 5.17. The van der Waals surface area contributed by atoms with Crippen LogP contribution in [0.3, 0.4) is 0 Å². The maximum absolute atomic E-state index is 11.8. The van der Waals surface area contributed by atoms with E-state index in [9.17, 15) is 4.79 Å². The van der Waals surface area contributed by atoms with Crippen LogP contribution in [0.4, 0.5) is 0 Å². The highest BCUT2D eigenvalue weighted by Crippen LogP contribution is 2.32. The molecule has 3 nitrogen and oxygen atoms in total. The van der Waals surface area contributed by atoms with Gasteiger partial charge < -0.3 is 9.72 Å². The molecule has 0 amide bonds. The summed E-state index contributed by atoms with van der Waals surface area (Å²) in [5, 5.41) is 1.99. The first-order valence-electron chi connectivity index (χ1n) is 7.23. The second kappa shape index (κ2) is 6.79. The summed E-state index contributed by atoms with van der Waals surface area (Å²) in [7, 11) is 1.32. The molecule has 3 aromatic rings. The Morgan fingerprint density at radius 2 is 2.00 bits per heavy atom. The van der Waals surface area contributed by atoms with E-state index < -0.39 is 5.97 Å². The zero-order valence-electron chi connectivity index (χ0n) is 13.0. The summed E-state index contributed by atoms with van der Waals surface area (Å²) in [4.78, 5) is 15.2. The minimum Gasteiger partial charge on any atom is -0.465 e. The van der Waals surface area contributed by atoms with E-state index in [4.69, 9.17) is 27.9 Å². The van der Waals surface area contributed by atoms with Gasteiger partial charge in [-0.3, -0.25) is 0 Å². The molecule has 1 N–H and O–H groups in total. The van der Waals surface area contributed by atoms with E-state index in [0.717, 1.165) is 21.1 Å². The number of ether oxygens (including phenoxy) is 1. The Balaban J connectivity index is 2.05. The highest BCUT2D eigenvalue weighted by atomic mass is 79.9. The Morgan fingerprint density at radius 1 is 1.25 bits per heavy atom. The van der Waals surface area contributed by atoms with Gasteiger partial charge in [-0.15, -0.1) is 0 Å². The van der Waals surface area contributed by atoms with Crippen LogP contribution in [-0.4, -0.2) is 18.1 Å². The molecule has 0 saturated carbocycles. The predicted octanol–water partition coefficient (Wildman–Crippen LogP) is 5.92. The van der Waals surface area contributed by atoms with Crippen LogP contribution in [0, 0.1) is 6.92 Å². The molecule has 0 aliphatic rings. The standard InChI is InChI=1S/C18H14BrCl2NO2/c1-9-5-10(19)6-16-13(9)7-11(22-16)8-14-15(20)4-3-12(17(14)21)18(23)24-2/h3-7,22H,8H2,1-2H3. The topological polar surface area (TPSA) is 42.1 Å². The number of carbonyl (C=O) groups is 1. The van der Waals surface area contributed by atoms with Crippen molar-refractivity contribution in [2.24, 2.45) is 0 Å². The maximum atomic E-state index is 11.8. The molecule has 6 heteroatoms. The lowest BCUT2D eigenvalue weighted by Crippen LogP contribution is -2.04. The molecule has 124 valence electrons. The SMILES string of the molecule is COC(=O)c1ccc(Cl)c(Cc2cc3c(C)cc(Br)cc3[nH]2)c1Cl. The van der Waals surface area contributed by atoms with Crippen molar-refractivity contribution in [2.75, 3.05) is 7.11 Å². The second-order valence-corrected chi connectivity index (χ2v) is 7.24. The first kappa shape index (κ1) is 17.3. The summed E-state index contributed by atoms with van der Waals surface area (Å²) in [6, 6.07) is 9.41. The van der Waals surface area contributed by atoms with Crippen molar-refractivity contribution in [3.8, 4) is 0 Å². The van der Waals surface area contributed by atoms with Gasteiger partial charge in [0.15, 0.2) is 0 Å². The largest absolute Gasteiger partial charge is 0.465 e. The zero-order chi connectivity index (χ0) is 17.4. The van der Waals surface area contributed by atoms with Gasteiger partial charge >= 0.3 is 5.97 Å². The number of nitrogens with one attached hydrogen (secondary N) is 1. The summed E-state index contributed by atoms with van der Waals surface area (Å²) in [5.74, 6) is -0.477. The van der Waals surface area contributed by atoms with Crippen LogP contribution in [0.5, 0.6) is 0 Å². The molecular weight excluding hydrogens is 413 g/mol. The van der Waals surface area contributed by atoms with Gasteiger partial charge in [0.05, 0.1) is 17.7 Å². The summed E-state index contributed by atoms with van der Waals surface area (Å²) in [5.41, 5.74) is 4.19. The summed E-state index contributed by atoms with van der Waals surface area (Å²) in [6.07, 6.45) is 0.494. The van der Waals surface area contributed by atoms with Gasteiger partial charge in [-0.2, -0.15) is 0 Å². The smallest absolute Gasteiger partial charge is 0.339 e. The van der Waals surface area contributed by atoms with Crippen LogP contribution < -0.4 is 0 Å². The molecule has 1 heterocycles. The first-order valence-corrected chi connectivity index (χ1v) is 8.78. The van der Waals surface area contributed by atoms with Gasteiger partial charge in [0.2, 0.25) is 0 Å². The average Bonchev–Trinajstić information content (AvgIpc) is 2.93. The normalized spacial score (nSPS) is 11.0. The minimum atomic E-state index is -0.477. The van der Waals surface area contributed by atoms with Crippen molar-refractivity contribution in [3.05, 3.63) is 67.2 Å². The number of aromatic nitrogens is 1. The molecule has 24 heavy (non-hydrogen) atoms. The van der Waals surface area contributed by atoms with Crippen molar-refractivity contribution in [1.29, 1.82) is 0 Å². The van der Waals surface area contributed by atoms with E-state index in [0.29, 0.717) is 27.6 Å². The number of H-pyrrole nitrogens is 1. The average molecular weight is 427 g/mol. The number of hydrogen-bond acceptors (Lipinski definition) is 2. The number of benzene rings is 2. The Labute approximate surface area is 158 Å². The van der Waals surface area contributed by atoms with Gasteiger partial charge in [-0.05, 0) is 48.4 Å². The van der Waals surface area contributed by atoms with Crippen LogP contribution in [-0.2, 0) is 11.2 Å². The number of hydrogen-bond donors (Lipinski definition) is 1. The van der Waals surface area contributed by atoms with Gasteiger partial charge in [-0.1, -0.05) is 39.1 Å². The van der Waals surface area contributed by atoms with Crippen molar-refractivity contribution < 1.29 is 9.53 Å². The van der Waals surface area contributed by atoms with Crippen LogP contribution in [0.1, 0.15) is 27.2 Å². The van der Waals surface area contributed by atoms with Gasteiger partial charge in [0.25, 0.3) is 0 Å². The van der Waals surface area contributed by atoms with E-state index in [2.05, 4.69) is 40.0 Å². The molecule has 1 aromatic heterocycles. The second-order valence-electron chi connectivity index (χ2n) is 5.53. The lowest BCUT2D eigenvalue weighted by Gasteiger charge is -2.10. The Bertz CT molecular complexity index is 950. The number of rotatable bonds is 3. The van der Waals surface area contributed by atoms with Crippen LogP contribution in [0.15, 0.2) is 34.8 Å². The van der Waals surface area contributed by atoms with Gasteiger partial charge in [0, 0.05) is 32.5 Å². The number of fused-ring (bicyclic) bond motifs is 1. The van der Waals surface area contributed by atoms with Crippen molar-refractivity contribution in [3.63, 3.8) is 0 Å². The molecule has 0 unspecified atom stereocenters. The zero-order valence-corrected chi connectivity index (χ0v) is 16.1. The Hall–Kier alpha value is -1.49. The van der Waals surface area contributed by atoms with E-state index in [1.807, 2.05) is 6.07 Å². The highest BCUT2D eigenvalue weighted by Gasteiger charge is 2.17. The minimum absolute atomic E-state index is 0.314. The molecule has 0 spiro atoms. The number of aromatic amines is 1. The molecule has 0 bridgehead atoms. The molecule has 0 aliphatic heterocycles. The van der Waals surface area contributed by atoms with Crippen LogP contribution in [0.25, 0.3) is 10.9 Å². The van der Waals surface area contributed by atoms with Gasteiger partial charge in [0.1, 0.15) is 0 Å². The fraction of sp³-hybridized carbons (Fsp3) is 0.167. The Kier molecular flexibility index (Phi) is 4.90. The van der Waals surface area contributed by atoms with Crippen molar-refractivity contribution in [2.45, 2.75) is 13.3 Å². The molecule has 0 aliphatic carbocycles. The van der Waals surface area contributed by atoms with Crippen molar-refractivity contribution in [1.82, 2.24) is 4.98 Å². The number of carbonyl (C=O) groups excluding carboxylic acids is 1. The molecule has 3 rings (SSSR count). The monoisotopic (exact) mass is 425 g/mol. The number of aryl methyl sites for hydroxylation is 1. The summed E-state index contributed by atoms with van der Waals surface area (Å²) < 4.78 is 5.78. The van der Waals surface area contributed by atoms with Crippen LogP contribution >= 0.6 is 39.1 Å². The lowest BCUT2D eigenvalue weighted by atomic mass is 10.1. The van der Waals surface area contributed by atoms with Gasteiger partial charge in [-0.25, -0.2) is 4.79 Å². The number of halogens is 3. The fourth-order valence-electron chi connectivity index (χ4n) is 2.75. The van der Waals surface area contributed by atoms with E-state index >= 15 is 0 Å². The fourth-order valence-corrected chi connectivity index (χ4v) is 3.90. The highest BCUT2D eigenvalue weighted by molar-refractivity contribution is 9.10. The lowest BCUT2D eigenvalue weighted by molar-refractivity contribution is 0.0601. The van der Waals surface area contributed by atoms with E-state index in [1.165, 1.54) is 12.7 Å².